The average molecular weight is 240 g/mol. The molecule has 16 heavy (non-hydrogen) atoms. The van der Waals surface area contributed by atoms with Crippen LogP contribution in [-0.2, 0) is 4.79 Å². The Balaban J connectivity index is 2.09. The Bertz CT molecular complexity index is 379. The van der Waals surface area contributed by atoms with E-state index in [0.29, 0.717) is 19.1 Å². The van der Waals surface area contributed by atoms with Crippen LogP contribution in [0.1, 0.15) is 17.8 Å². The summed E-state index contributed by atoms with van der Waals surface area (Å²) in [5, 5.41) is 6.92. The topological polar surface area (TPSA) is 57.3 Å². The molecule has 0 spiro atoms. The van der Waals surface area contributed by atoms with Crippen LogP contribution in [0.15, 0.2) is 6.20 Å². The number of aromatic nitrogens is 1. The van der Waals surface area contributed by atoms with Gasteiger partial charge in [0.1, 0.15) is 0 Å². The van der Waals surface area contributed by atoms with Gasteiger partial charge in [-0.1, -0.05) is 0 Å². The first-order valence-corrected chi connectivity index (χ1v) is 6.17. The number of nitrogens with one attached hydrogen (secondary N) is 2. The van der Waals surface area contributed by atoms with Crippen LogP contribution in [0.2, 0.25) is 0 Å². The molecule has 1 aliphatic heterocycles. The van der Waals surface area contributed by atoms with Crippen molar-refractivity contribution in [3.05, 3.63) is 11.1 Å². The third-order valence-corrected chi connectivity index (χ3v) is 3.92. The molecule has 0 saturated carbocycles. The normalized spacial score (nSPS) is 18.4. The Kier molecular flexibility index (Phi) is 3.40. The number of carbonyl (C=O) groups excluding carboxylic acids is 1. The second-order valence-electron chi connectivity index (χ2n) is 3.83. The van der Waals surface area contributed by atoms with Crippen LogP contribution in [0, 0.1) is 0 Å². The molecule has 1 atom stereocenters. The fourth-order valence-electron chi connectivity index (χ4n) is 1.57. The van der Waals surface area contributed by atoms with Gasteiger partial charge >= 0.3 is 0 Å². The predicted molar refractivity (Wildman–Crippen MR) is 64.8 cm³/mol. The first-order valence-electron chi connectivity index (χ1n) is 5.35. The van der Waals surface area contributed by atoms with Crippen LogP contribution in [0.4, 0.5) is 5.13 Å². The molecule has 1 aromatic rings. The first kappa shape index (κ1) is 11.3. The van der Waals surface area contributed by atoms with Crippen LogP contribution in [0.25, 0.3) is 0 Å². The minimum Gasteiger partial charge on any atom is -0.353 e. The largest absolute Gasteiger partial charge is 0.353 e. The first-order chi connectivity index (χ1) is 7.70. The second kappa shape index (κ2) is 4.80. The minimum absolute atomic E-state index is 0.0738. The number of hydrogen-bond acceptors (Lipinski definition) is 5. The smallest absolute Gasteiger partial charge is 0.239 e. The number of rotatable bonds is 3. The molecule has 1 amide bonds. The lowest BCUT2D eigenvalue weighted by atomic mass is 10.3. The lowest BCUT2D eigenvalue weighted by molar-refractivity contribution is -0.120. The lowest BCUT2D eigenvalue weighted by Crippen LogP contribution is -2.47. The van der Waals surface area contributed by atoms with Crippen LogP contribution >= 0.6 is 11.3 Å². The number of carbonyl (C=O) groups is 1. The van der Waals surface area contributed by atoms with Crippen LogP contribution in [0.5, 0.6) is 0 Å². The van der Waals surface area contributed by atoms with Gasteiger partial charge in [0.25, 0.3) is 0 Å². The highest BCUT2D eigenvalue weighted by Gasteiger charge is 2.19. The molecule has 0 bridgehead atoms. The van der Waals surface area contributed by atoms with E-state index in [2.05, 4.69) is 22.5 Å². The maximum atomic E-state index is 11.3. The van der Waals surface area contributed by atoms with E-state index in [1.54, 1.807) is 11.3 Å². The van der Waals surface area contributed by atoms with Gasteiger partial charge in [-0.15, -0.1) is 11.3 Å². The number of nitrogens with zero attached hydrogens (tertiary/aromatic N) is 2. The van der Waals surface area contributed by atoms with E-state index >= 15 is 0 Å². The number of thiazole rings is 1. The zero-order valence-corrected chi connectivity index (χ0v) is 10.3. The zero-order chi connectivity index (χ0) is 11.5. The Morgan fingerprint density at radius 2 is 2.50 bits per heavy atom. The highest BCUT2D eigenvalue weighted by molar-refractivity contribution is 7.15. The molecule has 0 radical (unpaired) electrons. The average Bonchev–Trinajstić information content (AvgIpc) is 2.77. The quantitative estimate of drug-likeness (QED) is 0.801. The van der Waals surface area contributed by atoms with Crippen LogP contribution in [0.3, 0.4) is 0 Å². The van der Waals surface area contributed by atoms with E-state index < -0.39 is 0 Å². The Hall–Kier alpha value is -1.14. The van der Waals surface area contributed by atoms with Crippen molar-refractivity contribution in [1.82, 2.24) is 15.6 Å². The van der Waals surface area contributed by atoms with Crippen LogP contribution < -0.4 is 15.5 Å². The Labute approximate surface area is 98.9 Å². The van der Waals surface area contributed by atoms with Gasteiger partial charge < -0.3 is 15.5 Å². The summed E-state index contributed by atoms with van der Waals surface area (Å²) in [4.78, 5) is 18.8. The zero-order valence-electron chi connectivity index (χ0n) is 9.49. The van der Waals surface area contributed by atoms with Gasteiger partial charge in [-0.3, -0.25) is 4.79 Å². The summed E-state index contributed by atoms with van der Waals surface area (Å²) in [6.45, 7) is 4.06. The van der Waals surface area contributed by atoms with Crippen LogP contribution in [-0.4, -0.2) is 37.6 Å². The van der Waals surface area contributed by atoms with Crippen molar-refractivity contribution in [1.29, 1.82) is 0 Å². The Morgan fingerprint density at radius 3 is 3.19 bits per heavy atom. The maximum absolute atomic E-state index is 11.3. The molecular formula is C10H16N4OS. The lowest BCUT2D eigenvalue weighted by Gasteiger charge is -2.25. The van der Waals surface area contributed by atoms with Gasteiger partial charge in [-0.2, -0.15) is 0 Å². The van der Waals surface area contributed by atoms with Crippen molar-refractivity contribution in [3.63, 3.8) is 0 Å². The van der Waals surface area contributed by atoms with Crippen molar-refractivity contribution < 1.29 is 4.79 Å². The molecule has 5 nitrogen and oxygen atoms in total. The van der Waals surface area contributed by atoms with E-state index in [9.17, 15) is 4.79 Å². The molecule has 1 fully saturated rings. The molecule has 6 heteroatoms. The SMILES string of the molecule is CNC(C)c1cnc(N2CCNC(=O)C2)s1. The number of anilines is 1. The van der Waals surface area contributed by atoms with E-state index in [1.807, 2.05) is 18.1 Å². The highest BCUT2D eigenvalue weighted by Crippen LogP contribution is 2.27. The summed E-state index contributed by atoms with van der Waals surface area (Å²) in [5.74, 6) is 0.0738. The predicted octanol–water partition coefficient (Wildman–Crippen LogP) is 0.360. The van der Waals surface area contributed by atoms with Crippen molar-refractivity contribution >= 4 is 22.4 Å². The van der Waals surface area contributed by atoms with Gasteiger partial charge in [0.05, 0.1) is 6.54 Å². The summed E-state index contributed by atoms with van der Waals surface area (Å²) in [5.41, 5.74) is 0. The molecule has 0 aromatic carbocycles. The standard InChI is InChI=1S/C10H16N4OS/c1-7(11-2)8-5-13-10(16-8)14-4-3-12-9(15)6-14/h5,7,11H,3-4,6H2,1-2H3,(H,12,15). The monoisotopic (exact) mass is 240 g/mol. The fourth-order valence-corrected chi connectivity index (χ4v) is 2.57. The number of piperazine rings is 1. The van der Waals surface area contributed by atoms with E-state index in [4.69, 9.17) is 0 Å². The summed E-state index contributed by atoms with van der Waals surface area (Å²) < 4.78 is 0. The summed E-state index contributed by atoms with van der Waals surface area (Å²) in [6.07, 6.45) is 1.88. The summed E-state index contributed by atoms with van der Waals surface area (Å²) in [7, 11) is 1.93. The minimum atomic E-state index is 0.0738. The molecule has 2 rings (SSSR count). The molecule has 1 saturated heterocycles. The molecule has 1 aliphatic rings. The summed E-state index contributed by atoms with van der Waals surface area (Å²) >= 11 is 1.65. The van der Waals surface area contributed by atoms with E-state index in [-0.39, 0.29) is 5.91 Å². The van der Waals surface area contributed by atoms with E-state index in [1.165, 1.54) is 4.88 Å². The molecule has 1 unspecified atom stereocenters. The number of hydrogen-bond donors (Lipinski definition) is 2. The third kappa shape index (κ3) is 2.33. The van der Waals surface area contributed by atoms with Gasteiger partial charge in [-0.25, -0.2) is 4.98 Å². The van der Waals surface area contributed by atoms with Crippen molar-refractivity contribution in [2.75, 3.05) is 31.6 Å². The Morgan fingerprint density at radius 1 is 1.69 bits per heavy atom. The van der Waals surface area contributed by atoms with Gasteiger partial charge in [0.2, 0.25) is 5.91 Å². The molecule has 2 heterocycles. The molecule has 0 aliphatic carbocycles. The van der Waals surface area contributed by atoms with Gasteiger partial charge in [0, 0.05) is 30.2 Å². The van der Waals surface area contributed by atoms with Gasteiger partial charge in [0.15, 0.2) is 5.13 Å². The van der Waals surface area contributed by atoms with Gasteiger partial charge in [-0.05, 0) is 14.0 Å². The van der Waals surface area contributed by atoms with Crippen molar-refractivity contribution in [3.8, 4) is 0 Å². The third-order valence-electron chi connectivity index (χ3n) is 2.68. The van der Waals surface area contributed by atoms with Crippen molar-refractivity contribution in [2.24, 2.45) is 0 Å². The molecular weight excluding hydrogens is 224 g/mol. The molecule has 2 N–H and O–H groups in total. The molecule has 88 valence electrons. The van der Waals surface area contributed by atoms with E-state index in [0.717, 1.165) is 11.7 Å². The molecule has 1 aromatic heterocycles. The second-order valence-corrected chi connectivity index (χ2v) is 4.87. The summed E-state index contributed by atoms with van der Waals surface area (Å²) in [6, 6.07) is 0.310. The fraction of sp³-hybridized carbons (Fsp3) is 0.600. The maximum Gasteiger partial charge on any atom is 0.239 e. The number of amides is 1. The highest BCUT2D eigenvalue weighted by atomic mass is 32.1. The van der Waals surface area contributed by atoms with Crippen molar-refractivity contribution in [2.45, 2.75) is 13.0 Å².